The van der Waals surface area contributed by atoms with Gasteiger partial charge in [0, 0.05) is 25.1 Å². The Labute approximate surface area is 90.6 Å². The fourth-order valence-corrected chi connectivity index (χ4v) is 1.43. The lowest BCUT2D eigenvalue weighted by Gasteiger charge is -2.17. The maximum atomic E-state index is 11.9. The number of hydrogen-bond acceptors (Lipinski definition) is 3. The zero-order chi connectivity index (χ0) is 11.3. The molecule has 0 aliphatic carbocycles. The van der Waals surface area contributed by atoms with Gasteiger partial charge in [0.2, 0.25) is 0 Å². The highest BCUT2D eigenvalue weighted by Crippen LogP contribution is 2.09. The smallest absolute Gasteiger partial charge is 0.167 e. The average molecular weight is 207 g/mol. The Bertz CT molecular complexity index is 311. The van der Waals surface area contributed by atoms with Crippen LogP contribution in [0.3, 0.4) is 0 Å². The van der Waals surface area contributed by atoms with Gasteiger partial charge in [-0.2, -0.15) is 5.06 Å². The summed E-state index contributed by atoms with van der Waals surface area (Å²) >= 11 is 0. The Hall–Kier alpha value is -1.19. The van der Waals surface area contributed by atoms with Gasteiger partial charge in [-0.15, -0.1) is 0 Å². The standard InChI is InChI=1S/C12H17NO2/c1-10(9-13(2)15-3)12(14)11-7-5-4-6-8-11/h4-8,10H,9H2,1-3H3. The van der Waals surface area contributed by atoms with Gasteiger partial charge in [0.25, 0.3) is 0 Å². The molecule has 0 saturated heterocycles. The molecule has 0 aliphatic rings. The highest BCUT2D eigenvalue weighted by molar-refractivity contribution is 5.97. The largest absolute Gasteiger partial charge is 0.303 e. The van der Waals surface area contributed by atoms with Gasteiger partial charge in [-0.05, 0) is 0 Å². The van der Waals surface area contributed by atoms with E-state index in [1.54, 1.807) is 12.2 Å². The lowest BCUT2D eigenvalue weighted by Crippen LogP contribution is -2.27. The van der Waals surface area contributed by atoms with Crippen molar-refractivity contribution in [1.82, 2.24) is 5.06 Å². The fraction of sp³-hybridized carbons (Fsp3) is 0.417. The Kier molecular flexibility index (Phi) is 4.46. The van der Waals surface area contributed by atoms with Crippen molar-refractivity contribution in [2.45, 2.75) is 6.92 Å². The molecule has 1 aromatic carbocycles. The second-order valence-corrected chi connectivity index (χ2v) is 3.62. The molecule has 1 unspecified atom stereocenters. The molecule has 0 spiro atoms. The highest BCUT2D eigenvalue weighted by Gasteiger charge is 2.16. The number of nitrogens with zero attached hydrogens (tertiary/aromatic N) is 1. The molecule has 0 N–H and O–H groups in total. The molecule has 0 radical (unpaired) electrons. The Morgan fingerprint density at radius 3 is 2.53 bits per heavy atom. The summed E-state index contributed by atoms with van der Waals surface area (Å²) in [7, 11) is 3.41. The molecule has 0 amide bonds. The molecule has 0 fully saturated rings. The van der Waals surface area contributed by atoms with Crippen LogP contribution < -0.4 is 0 Å². The van der Waals surface area contributed by atoms with Crippen molar-refractivity contribution in [1.29, 1.82) is 0 Å². The fourth-order valence-electron chi connectivity index (χ4n) is 1.43. The van der Waals surface area contributed by atoms with Gasteiger partial charge in [-0.3, -0.25) is 4.79 Å². The first kappa shape index (κ1) is 11.9. The third-order valence-electron chi connectivity index (χ3n) is 2.35. The van der Waals surface area contributed by atoms with E-state index in [2.05, 4.69) is 0 Å². The van der Waals surface area contributed by atoms with Crippen LogP contribution in [0.1, 0.15) is 17.3 Å². The summed E-state index contributed by atoms with van der Waals surface area (Å²) in [4.78, 5) is 16.9. The van der Waals surface area contributed by atoms with Crippen LogP contribution in [-0.2, 0) is 4.84 Å². The van der Waals surface area contributed by atoms with Gasteiger partial charge in [-0.1, -0.05) is 37.3 Å². The van der Waals surface area contributed by atoms with E-state index in [9.17, 15) is 4.79 Å². The Morgan fingerprint density at radius 1 is 1.40 bits per heavy atom. The monoisotopic (exact) mass is 207 g/mol. The molecular weight excluding hydrogens is 190 g/mol. The number of Topliss-reactive ketones (excluding diaryl/α,β-unsaturated/α-hetero) is 1. The molecule has 3 heteroatoms. The number of hydrogen-bond donors (Lipinski definition) is 0. The van der Waals surface area contributed by atoms with E-state index < -0.39 is 0 Å². The maximum Gasteiger partial charge on any atom is 0.167 e. The summed E-state index contributed by atoms with van der Waals surface area (Å²) in [6, 6.07) is 9.33. The molecule has 0 bridgehead atoms. The molecule has 0 saturated carbocycles. The summed E-state index contributed by atoms with van der Waals surface area (Å²) in [5.74, 6) is 0.0943. The topological polar surface area (TPSA) is 29.5 Å². The van der Waals surface area contributed by atoms with Crippen molar-refractivity contribution in [3.8, 4) is 0 Å². The molecule has 82 valence electrons. The van der Waals surface area contributed by atoms with E-state index in [1.165, 1.54) is 0 Å². The molecule has 1 rings (SSSR count). The van der Waals surface area contributed by atoms with Crippen LogP contribution in [0, 0.1) is 5.92 Å². The quantitative estimate of drug-likeness (QED) is 0.546. The van der Waals surface area contributed by atoms with Crippen LogP contribution in [0.15, 0.2) is 30.3 Å². The second kappa shape index (κ2) is 5.63. The van der Waals surface area contributed by atoms with Gasteiger partial charge < -0.3 is 4.84 Å². The number of carbonyl (C=O) groups is 1. The lowest BCUT2D eigenvalue weighted by atomic mass is 9.99. The zero-order valence-corrected chi connectivity index (χ0v) is 9.43. The van der Waals surface area contributed by atoms with Crippen molar-refractivity contribution < 1.29 is 9.63 Å². The van der Waals surface area contributed by atoms with Gasteiger partial charge >= 0.3 is 0 Å². The molecule has 0 heterocycles. The maximum absolute atomic E-state index is 11.9. The molecule has 1 aromatic rings. The van der Waals surface area contributed by atoms with E-state index >= 15 is 0 Å². The molecule has 3 nitrogen and oxygen atoms in total. The normalized spacial score (nSPS) is 12.8. The highest BCUT2D eigenvalue weighted by atomic mass is 16.7. The van der Waals surface area contributed by atoms with Crippen molar-refractivity contribution in [3.63, 3.8) is 0 Å². The van der Waals surface area contributed by atoms with Gasteiger partial charge in [0.05, 0.1) is 7.11 Å². The van der Waals surface area contributed by atoms with Gasteiger partial charge in [-0.25, -0.2) is 0 Å². The number of benzene rings is 1. The molecule has 0 aliphatic heterocycles. The van der Waals surface area contributed by atoms with E-state index in [1.807, 2.05) is 44.3 Å². The SMILES string of the molecule is CON(C)CC(C)C(=O)c1ccccc1. The third-order valence-corrected chi connectivity index (χ3v) is 2.35. The minimum Gasteiger partial charge on any atom is -0.303 e. The minimum atomic E-state index is -0.0580. The lowest BCUT2D eigenvalue weighted by molar-refractivity contribution is -0.114. The van der Waals surface area contributed by atoms with E-state index in [0.29, 0.717) is 6.54 Å². The van der Waals surface area contributed by atoms with Gasteiger partial charge in [0.15, 0.2) is 5.78 Å². The molecular formula is C12H17NO2. The summed E-state index contributed by atoms with van der Waals surface area (Å²) in [6.45, 7) is 2.51. The molecule has 15 heavy (non-hydrogen) atoms. The summed E-state index contributed by atoms with van der Waals surface area (Å²) in [6.07, 6.45) is 0. The zero-order valence-electron chi connectivity index (χ0n) is 9.43. The van der Waals surface area contributed by atoms with Gasteiger partial charge in [0.1, 0.15) is 0 Å². The van der Waals surface area contributed by atoms with Crippen molar-refractivity contribution in [3.05, 3.63) is 35.9 Å². The Balaban J connectivity index is 2.61. The molecule has 1 atom stereocenters. The summed E-state index contributed by atoms with van der Waals surface area (Å²) in [5.41, 5.74) is 0.759. The number of ketones is 1. The predicted molar refractivity (Wildman–Crippen MR) is 59.6 cm³/mol. The van der Waals surface area contributed by atoms with Crippen LogP contribution in [-0.4, -0.2) is 31.5 Å². The first-order valence-electron chi connectivity index (χ1n) is 4.99. The summed E-state index contributed by atoms with van der Waals surface area (Å²) < 4.78 is 0. The predicted octanol–water partition coefficient (Wildman–Crippen LogP) is 2.00. The number of carbonyl (C=O) groups excluding carboxylic acids is 1. The summed E-state index contributed by atoms with van der Waals surface area (Å²) in [5, 5.41) is 1.66. The van der Waals surface area contributed by atoms with Crippen LogP contribution >= 0.6 is 0 Å². The van der Waals surface area contributed by atoms with E-state index in [0.717, 1.165) is 5.56 Å². The van der Waals surface area contributed by atoms with Crippen molar-refractivity contribution >= 4 is 5.78 Å². The van der Waals surface area contributed by atoms with Crippen LogP contribution in [0.5, 0.6) is 0 Å². The second-order valence-electron chi connectivity index (χ2n) is 3.62. The average Bonchev–Trinajstić information content (AvgIpc) is 2.29. The molecule has 0 aromatic heterocycles. The van der Waals surface area contributed by atoms with E-state index in [4.69, 9.17) is 4.84 Å². The minimum absolute atomic E-state index is 0.0580. The van der Waals surface area contributed by atoms with E-state index in [-0.39, 0.29) is 11.7 Å². The van der Waals surface area contributed by atoms with Crippen LogP contribution in [0.4, 0.5) is 0 Å². The first-order valence-corrected chi connectivity index (χ1v) is 4.99. The number of rotatable bonds is 5. The Morgan fingerprint density at radius 2 is 2.00 bits per heavy atom. The van der Waals surface area contributed by atoms with Crippen LogP contribution in [0.2, 0.25) is 0 Å². The van der Waals surface area contributed by atoms with Crippen molar-refractivity contribution in [2.75, 3.05) is 20.7 Å². The number of hydroxylamine groups is 2. The third kappa shape index (κ3) is 3.46. The van der Waals surface area contributed by atoms with Crippen LogP contribution in [0.25, 0.3) is 0 Å². The van der Waals surface area contributed by atoms with Crippen molar-refractivity contribution in [2.24, 2.45) is 5.92 Å². The first-order chi connectivity index (χ1) is 7.15.